The van der Waals surface area contributed by atoms with E-state index in [0.717, 1.165) is 22.5 Å². The number of aryl methyl sites for hydroxylation is 1. The molecule has 0 aliphatic carbocycles. The van der Waals surface area contributed by atoms with Crippen molar-refractivity contribution in [2.45, 2.75) is 12.8 Å². The Hall–Kier alpha value is -1.87. The molecule has 3 rings (SSSR count). The van der Waals surface area contributed by atoms with Crippen molar-refractivity contribution in [2.24, 2.45) is 0 Å². The summed E-state index contributed by atoms with van der Waals surface area (Å²) in [5, 5.41) is 0. The molecule has 0 saturated carbocycles. The molecule has 0 radical (unpaired) electrons. The van der Waals surface area contributed by atoms with E-state index in [1.165, 1.54) is 6.07 Å². The standard InChI is InChI=1S/C15H12ClFN2/c1-10-8-11(6-7-12(10)17)19-14-5-3-2-4-13(14)18-15(19)9-16/h2-8H,9H2,1H3. The number of nitrogens with zero attached hydrogens (tertiary/aromatic N) is 2. The second kappa shape index (κ2) is 4.67. The lowest BCUT2D eigenvalue weighted by Gasteiger charge is -2.09. The maximum Gasteiger partial charge on any atom is 0.129 e. The zero-order valence-electron chi connectivity index (χ0n) is 10.4. The van der Waals surface area contributed by atoms with Crippen LogP contribution in [0.25, 0.3) is 16.7 Å². The number of para-hydroxylation sites is 2. The Morgan fingerprint density at radius 3 is 2.74 bits per heavy atom. The van der Waals surface area contributed by atoms with Crippen molar-refractivity contribution in [1.82, 2.24) is 9.55 Å². The van der Waals surface area contributed by atoms with Crippen LogP contribution in [0, 0.1) is 12.7 Å². The molecule has 0 spiro atoms. The molecular formula is C15H12ClFN2. The topological polar surface area (TPSA) is 17.8 Å². The molecule has 0 fully saturated rings. The maximum atomic E-state index is 13.4. The Kier molecular flexibility index (Phi) is 2.99. The molecule has 0 aliphatic heterocycles. The second-order valence-electron chi connectivity index (χ2n) is 4.42. The van der Waals surface area contributed by atoms with Crippen LogP contribution in [-0.4, -0.2) is 9.55 Å². The summed E-state index contributed by atoms with van der Waals surface area (Å²) in [6, 6.07) is 12.8. The van der Waals surface area contributed by atoms with Gasteiger partial charge in [0.1, 0.15) is 11.6 Å². The maximum absolute atomic E-state index is 13.4. The van der Waals surface area contributed by atoms with E-state index in [2.05, 4.69) is 4.98 Å². The second-order valence-corrected chi connectivity index (χ2v) is 4.69. The van der Waals surface area contributed by atoms with Crippen LogP contribution in [0.15, 0.2) is 42.5 Å². The largest absolute Gasteiger partial charge is 0.295 e. The smallest absolute Gasteiger partial charge is 0.129 e. The van der Waals surface area contributed by atoms with Crippen molar-refractivity contribution in [3.8, 4) is 5.69 Å². The first-order chi connectivity index (χ1) is 9.20. The third kappa shape index (κ3) is 2.00. The number of rotatable bonds is 2. The van der Waals surface area contributed by atoms with Gasteiger partial charge in [0, 0.05) is 5.69 Å². The number of fused-ring (bicyclic) bond motifs is 1. The predicted octanol–water partition coefficient (Wildman–Crippen LogP) is 4.21. The lowest BCUT2D eigenvalue weighted by Crippen LogP contribution is -2.00. The number of alkyl halides is 1. The Morgan fingerprint density at radius 2 is 2.00 bits per heavy atom. The number of hydrogen-bond acceptors (Lipinski definition) is 1. The first-order valence-corrected chi connectivity index (χ1v) is 6.53. The number of hydrogen-bond donors (Lipinski definition) is 0. The fourth-order valence-electron chi connectivity index (χ4n) is 2.22. The van der Waals surface area contributed by atoms with Gasteiger partial charge in [-0.2, -0.15) is 0 Å². The molecule has 0 amide bonds. The molecule has 3 aromatic rings. The Morgan fingerprint density at radius 1 is 1.21 bits per heavy atom. The molecule has 2 nitrogen and oxygen atoms in total. The van der Waals surface area contributed by atoms with Crippen molar-refractivity contribution >= 4 is 22.6 Å². The van der Waals surface area contributed by atoms with E-state index in [0.29, 0.717) is 11.4 Å². The van der Waals surface area contributed by atoms with E-state index >= 15 is 0 Å². The summed E-state index contributed by atoms with van der Waals surface area (Å²) in [7, 11) is 0. The molecule has 4 heteroatoms. The third-order valence-electron chi connectivity index (χ3n) is 3.15. The molecular weight excluding hydrogens is 263 g/mol. The first-order valence-electron chi connectivity index (χ1n) is 5.99. The highest BCUT2D eigenvalue weighted by Gasteiger charge is 2.11. The van der Waals surface area contributed by atoms with E-state index in [-0.39, 0.29) is 5.82 Å². The van der Waals surface area contributed by atoms with Gasteiger partial charge in [-0.15, -0.1) is 11.6 Å². The van der Waals surface area contributed by atoms with Gasteiger partial charge in [-0.1, -0.05) is 12.1 Å². The number of benzene rings is 2. The SMILES string of the molecule is Cc1cc(-n2c(CCl)nc3ccccc32)ccc1F. The highest BCUT2D eigenvalue weighted by molar-refractivity contribution is 6.17. The predicted molar refractivity (Wildman–Crippen MR) is 75.3 cm³/mol. The number of halogens is 2. The van der Waals surface area contributed by atoms with Crippen LogP contribution >= 0.6 is 11.6 Å². The van der Waals surface area contributed by atoms with Crippen molar-refractivity contribution in [1.29, 1.82) is 0 Å². The quantitative estimate of drug-likeness (QED) is 0.640. The Bertz CT molecular complexity index is 749. The zero-order valence-corrected chi connectivity index (χ0v) is 11.2. The minimum atomic E-state index is -0.208. The summed E-state index contributed by atoms with van der Waals surface area (Å²) in [5.41, 5.74) is 3.35. The summed E-state index contributed by atoms with van der Waals surface area (Å²) in [6.07, 6.45) is 0. The van der Waals surface area contributed by atoms with Crippen LogP contribution in [0.2, 0.25) is 0 Å². The first kappa shape index (κ1) is 12.2. The van der Waals surface area contributed by atoms with Crippen molar-refractivity contribution in [3.63, 3.8) is 0 Å². The van der Waals surface area contributed by atoms with E-state index in [4.69, 9.17) is 11.6 Å². The van der Waals surface area contributed by atoms with Crippen LogP contribution in [0.5, 0.6) is 0 Å². The highest BCUT2D eigenvalue weighted by atomic mass is 35.5. The minimum Gasteiger partial charge on any atom is -0.295 e. The minimum absolute atomic E-state index is 0.208. The summed E-state index contributed by atoms with van der Waals surface area (Å²) < 4.78 is 15.4. The van der Waals surface area contributed by atoms with Crippen molar-refractivity contribution in [2.75, 3.05) is 0 Å². The van der Waals surface area contributed by atoms with Crippen LogP contribution in [0.4, 0.5) is 4.39 Å². The number of aromatic nitrogens is 2. The normalized spacial score (nSPS) is 11.1. The molecule has 2 aromatic carbocycles. The van der Waals surface area contributed by atoms with Gasteiger partial charge < -0.3 is 0 Å². The van der Waals surface area contributed by atoms with Crippen LogP contribution < -0.4 is 0 Å². The Balaban J connectivity index is 2.31. The zero-order chi connectivity index (χ0) is 13.4. The molecule has 0 aliphatic rings. The summed E-state index contributed by atoms with van der Waals surface area (Å²) in [6.45, 7) is 1.75. The van der Waals surface area contributed by atoms with Gasteiger partial charge >= 0.3 is 0 Å². The molecule has 0 unspecified atom stereocenters. The third-order valence-corrected chi connectivity index (χ3v) is 3.39. The summed E-state index contributed by atoms with van der Waals surface area (Å²) in [4.78, 5) is 4.50. The van der Waals surface area contributed by atoms with Gasteiger partial charge in [-0.25, -0.2) is 9.37 Å². The highest BCUT2D eigenvalue weighted by Crippen LogP contribution is 2.23. The molecule has 0 saturated heterocycles. The summed E-state index contributed by atoms with van der Waals surface area (Å²) >= 11 is 5.97. The lowest BCUT2D eigenvalue weighted by atomic mass is 10.2. The van der Waals surface area contributed by atoms with E-state index in [1.807, 2.05) is 28.8 Å². The fraction of sp³-hybridized carbons (Fsp3) is 0.133. The van der Waals surface area contributed by atoms with Gasteiger partial charge in [0.15, 0.2) is 0 Å². The van der Waals surface area contributed by atoms with E-state index in [9.17, 15) is 4.39 Å². The van der Waals surface area contributed by atoms with E-state index < -0.39 is 0 Å². The van der Waals surface area contributed by atoms with Gasteiger partial charge in [-0.3, -0.25) is 4.57 Å². The van der Waals surface area contributed by atoms with Crippen molar-refractivity contribution in [3.05, 3.63) is 59.7 Å². The molecule has 1 heterocycles. The molecule has 0 N–H and O–H groups in total. The van der Waals surface area contributed by atoms with Crippen molar-refractivity contribution < 1.29 is 4.39 Å². The average Bonchev–Trinajstić information content (AvgIpc) is 2.80. The lowest BCUT2D eigenvalue weighted by molar-refractivity contribution is 0.618. The van der Waals surface area contributed by atoms with Crippen LogP contribution in [0.3, 0.4) is 0 Å². The van der Waals surface area contributed by atoms with Crippen LogP contribution in [-0.2, 0) is 5.88 Å². The molecule has 96 valence electrons. The van der Waals surface area contributed by atoms with Gasteiger partial charge in [0.25, 0.3) is 0 Å². The van der Waals surface area contributed by atoms with Gasteiger partial charge in [-0.05, 0) is 42.8 Å². The van der Waals surface area contributed by atoms with Crippen LogP contribution in [0.1, 0.15) is 11.4 Å². The molecule has 0 bridgehead atoms. The Labute approximate surface area is 115 Å². The number of imidazole rings is 1. The molecule has 19 heavy (non-hydrogen) atoms. The van der Waals surface area contributed by atoms with E-state index in [1.54, 1.807) is 19.1 Å². The van der Waals surface area contributed by atoms with Gasteiger partial charge in [0.2, 0.25) is 0 Å². The fourth-order valence-corrected chi connectivity index (χ4v) is 2.40. The van der Waals surface area contributed by atoms with Gasteiger partial charge in [0.05, 0.1) is 16.9 Å². The average molecular weight is 275 g/mol. The monoisotopic (exact) mass is 274 g/mol. The summed E-state index contributed by atoms with van der Waals surface area (Å²) in [5.74, 6) is 0.861. The molecule has 1 aromatic heterocycles. The molecule has 0 atom stereocenters.